The molecule has 1 unspecified atom stereocenters. The van der Waals surface area contributed by atoms with E-state index < -0.39 is 33.6 Å². The van der Waals surface area contributed by atoms with Gasteiger partial charge in [0.15, 0.2) is 15.4 Å². The average Bonchev–Trinajstić information content (AvgIpc) is 2.25. The van der Waals surface area contributed by atoms with E-state index in [4.69, 9.17) is 0 Å². The van der Waals surface area contributed by atoms with E-state index in [0.717, 1.165) is 18.4 Å². The molecule has 3 nitrogen and oxygen atoms in total. The second-order valence-corrected chi connectivity index (χ2v) is 6.03. The lowest BCUT2D eigenvalue weighted by atomic mass is 9.90. The van der Waals surface area contributed by atoms with Crippen molar-refractivity contribution in [1.82, 2.24) is 0 Å². The molecular formula is C11H13F3O3S. The first-order valence-electron chi connectivity index (χ1n) is 5.12. The molecule has 0 aromatic heterocycles. The number of sulfone groups is 1. The van der Waals surface area contributed by atoms with Crippen molar-refractivity contribution in [1.29, 1.82) is 0 Å². The van der Waals surface area contributed by atoms with E-state index in [1.54, 1.807) is 0 Å². The first-order chi connectivity index (χ1) is 8.02. The highest BCUT2D eigenvalue weighted by Gasteiger charge is 2.53. The van der Waals surface area contributed by atoms with E-state index >= 15 is 0 Å². The molecule has 0 heterocycles. The summed E-state index contributed by atoms with van der Waals surface area (Å²) in [4.78, 5) is -0.254. The molecule has 1 rings (SSSR count). The predicted octanol–water partition coefficient (Wildman–Crippen LogP) is 2.25. The Hall–Kier alpha value is -1.08. The summed E-state index contributed by atoms with van der Waals surface area (Å²) >= 11 is 0. The van der Waals surface area contributed by atoms with Gasteiger partial charge in [-0.05, 0) is 24.1 Å². The number of benzene rings is 1. The van der Waals surface area contributed by atoms with Crippen LogP contribution in [0.1, 0.15) is 18.9 Å². The highest BCUT2D eigenvalue weighted by atomic mass is 32.2. The zero-order valence-corrected chi connectivity index (χ0v) is 10.6. The van der Waals surface area contributed by atoms with Gasteiger partial charge in [-0.3, -0.25) is 0 Å². The highest BCUT2D eigenvalue weighted by Crippen LogP contribution is 2.41. The van der Waals surface area contributed by atoms with Crippen LogP contribution in [0.25, 0.3) is 0 Å². The molecule has 0 amide bonds. The van der Waals surface area contributed by atoms with Crippen LogP contribution in [0.4, 0.5) is 13.2 Å². The van der Waals surface area contributed by atoms with Crippen molar-refractivity contribution >= 4 is 9.84 Å². The van der Waals surface area contributed by atoms with E-state index in [9.17, 15) is 26.7 Å². The van der Waals surface area contributed by atoms with Crippen LogP contribution in [0.2, 0.25) is 0 Å². The number of halogens is 3. The van der Waals surface area contributed by atoms with Crippen molar-refractivity contribution in [2.24, 2.45) is 0 Å². The molecule has 0 saturated carbocycles. The monoisotopic (exact) mass is 282 g/mol. The van der Waals surface area contributed by atoms with E-state index in [1.807, 2.05) is 0 Å². The first kappa shape index (κ1) is 15.0. The van der Waals surface area contributed by atoms with Gasteiger partial charge in [-0.15, -0.1) is 0 Å². The van der Waals surface area contributed by atoms with Crippen LogP contribution in [0.3, 0.4) is 0 Å². The minimum Gasteiger partial charge on any atom is -0.376 e. The van der Waals surface area contributed by atoms with Crippen LogP contribution in [0, 0.1) is 0 Å². The van der Waals surface area contributed by atoms with E-state index in [-0.39, 0.29) is 4.90 Å². The van der Waals surface area contributed by atoms with Crippen molar-refractivity contribution in [2.75, 3.05) is 6.26 Å². The van der Waals surface area contributed by atoms with E-state index in [1.165, 1.54) is 19.1 Å². The third kappa shape index (κ3) is 2.67. The van der Waals surface area contributed by atoms with Crippen LogP contribution in [-0.4, -0.2) is 26.0 Å². The lowest BCUT2D eigenvalue weighted by Crippen LogP contribution is -2.41. The van der Waals surface area contributed by atoms with Crippen LogP contribution in [-0.2, 0) is 15.4 Å². The molecule has 1 atom stereocenters. The highest BCUT2D eigenvalue weighted by molar-refractivity contribution is 7.90. The number of rotatable bonds is 3. The fourth-order valence-corrected chi connectivity index (χ4v) is 2.22. The molecule has 102 valence electrons. The number of hydrogen-bond donors (Lipinski definition) is 1. The molecule has 1 N–H and O–H groups in total. The normalized spacial score (nSPS) is 16.3. The van der Waals surface area contributed by atoms with Gasteiger partial charge < -0.3 is 5.11 Å². The molecule has 1 aromatic carbocycles. The molecule has 1 aromatic rings. The lowest BCUT2D eigenvalue weighted by Gasteiger charge is -2.30. The van der Waals surface area contributed by atoms with Gasteiger partial charge in [0.2, 0.25) is 0 Å². The molecule has 0 bridgehead atoms. The molecular weight excluding hydrogens is 269 g/mol. The second-order valence-electron chi connectivity index (χ2n) is 4.01. The minimum absolute atomic E-state index is 0.254. The largest absolute Gasteiger partial charge is 0.421 e. The van der Waals surface area contributed by atoms with Gasteiger partial charge in [0.25, 0.3) is 0 Å². The number of alkyl halides is 3. The van der Waals surface area contributed by atoms with Crippen molar-refractivity contribution in [3.63, 3.8) is 0 Å². The Balaban J connectivity index is 3.42. The molecule has 0 saturated heterocycles. The van der Waals surface area contributed by atoms with Gasteiger partial charge in [-0.25, -0.2) is 8.42 Å². The Morgan fingerprint density at radius 2 is 1.83 bits per heavy atom. The Bertz CT molecular complexity index is 537. The third-order valence-corrected chi connectivity index (χ3v) is 3.83. The quantitative estimate of drug-likeness (QED) is 0.925. The smallest absolute Gasteiger partial charge is 0.376 e. The van der Waals surface area contributed by atoms with Crippen molar-refractivity contribution < 1.29 is 26.7 Å². The maximum absolute atomic E-state index is 12.8. The molecule has 0 aliphatic heterocycles. The van der Waals surface area contributed by atoms with Crippen molar-refractivity contribution in [3.8, 4) is 0 Å². The van der Waals surface area contributed by atoms with Gasteiger partial charge >= 0.3 is 6.18 Å². The minimum atomic E-state index is -4.86. The summed E-state index contributed by atoms with van der Waals surface area (Å²) in [6.45, 7) is 1.18. The first-order valence-corrected chi connectivity index (χ1v) is 7.01. The summed E-state index contributed by atoms with van der Waals surface area (Å²) in [5.41, 5.74) is -3.51. The van der Waals surface area contributed by atoms with Crippen molar-refractivity contribution in [2.45, 2.75) is 30.0 Å². The van der Waals surface area contributed by atoms with Crippen LogP contribution in [0.15, 0.2) is 29.2 Å². The lowest BCUT2D eigenvalue weighted by molar-refractivity contribution is -0.267. The summed E-state index contributed by atoms with van der Waals surface area (Å²) < 4.78 is 61.0. The average molecular weight is 282 g/mol. The summed E-state index contributed by atoms with van der Waals surface area (Å²) in [6.07, 6.45) is -4.56. The molecule has 0 aliphatic carbocycles. The van der Waals surface area contributed by atoms with Gasteiger partial charge in [0, 0.05) is 6.26 Å². The maximum atomic E-state index is 12.8. The molecule has 0 aliphatic rings. The second kappa shape index (κ2) is 4.55. The number of aliphatic hydroxyl groups is 1. The van der Waals surface area contributed by atoms with Crippen molar-refractivity contribution in [3.05, 3.63) is 29.8 Å². The van der Waals surface area contributed by atoms with Gasteiger partial charge in [-0.2, -0.15) is 13.2 Å². The van der Waals surface area contributed by atoms with Gasteiger partial charge in [0.1, 0.15) is 0 Å². The molecule has 0 spiro atoms. The standard InChI is InChI=1S/C11H13F3O3S/c1-3-10(15,11(12,13)14)8-5-4-6-9(7-8)18(2,16)17/h4-7,15H,3H2,1-2H3. The molecule has 0 fully saturated rings. The topological polar surface area (TPSA) is 54.4 Å². The Labute approximate surface area is 103 Å². The summed E-state index contributed by atoms with van der Waals surface area (Å²) in [6, 6.07) is 4.28. The van der Waals surface area contributed by atoms with E-state index in [0.29, 0.717) is 0 Å². The zero-order chi connectivity index (χ0) is 14.2. The van der Waals surface area contributed by atoms with Crippen LogP contribution >= 0.6 is 0 Å². The predicted molar refractivity (Wildman–Crippen MR) is 59.8 cm³/mol. The van der Waals surface area contributed by atoms with Crippen LogP contribution < -0.4 is 0 Å². The van der Waals surface area contributed by atoms with Gasteiger partial charge in [0.05, 0.1) is 4.90 Å². The number of hydrogen-bond acceptors (Lipinski definition) is 3. The Kier molecular flexibility index (Phi) is 3.78. The summed E-state index contributed by atoms with van der Waals surface area (Å²) in [5, 5.41) is 9.70. The maximum Gasteiger partial charge on any atom is 0.421 e. The SMILES string of the molecule is CCC(O)(c1cccc(S(C)(=O)=O)c1)C(F)(F)F. The Morgan fingerprint density at radius 1 is 1.28 bits per heavy atom. The van der Waals surface area contributed by atoms with Crippen LogP contribution in [0.5, 0.6) is 0 Å². The van der Waals surface area contributed by atoms with E-state index in [2.05, 4.69) is 0 Å². The Morgan fingerprint density at radius 3 is 2.22 bits per heavy atom. The zero-order valence-electron chi connectivity index (χ0n) is 9.82. The molecule has 18 heavy (non-hydrogen) atoms. The fraction of sp³-hybridized carbons (Fsp3) is 0.455. The fourth-order valence-electron chi connectivity index (χ4n) is 1.55. The third-order valence-electron chi connectivity index (χ3n) is 2.72. The summed E-state index contributed by atoms with van der Waals surface area (Å²) in [5.74, 6) is 0. The summed E-state index contributed by atoms with van der Waals surface area (Å²) in [7, 11) is -3.62. The van der Waals surface area contributed by atoms with Gasteiger partial charge in [-0.1, -0.05) is 19.1 Å². The molecule has 0 radical (unpaired) electrons. The molecule has 7 heteroatoms.